The summed E-state index contributed by atoms with van der Waals surface area (Å²) >= 11 is 9.00. The largest absolute Gasteiger partial charge is 0.322 e. The first kappa shape index (κ1) is 15.4. The third-order valence-corrected chi connectivity index (χ3v) is 3.45. The Balaban J connectivity index is 2.31. The van der Waals surface area contributed by atoms with Gasteiger partial charge in [-0.15, -0.1) is 0 Å². The van der Waals surface area contributed by atoms with Gasteiger partial charge in [0.05, 0.1) is 22.2 Å². The standard InChI is InChI=1S/C13H7BrClFN2O3/c14-12-2-1-7(15)3-11(12)13(19)17-9-4-8(16)5-10(6-9)18(20)21/h1-6H,(H,17,19). The van der Waals surface area contributed by atoms with Crippen molar-refractivity contribution in [1.29, 1.82) is 0 Å². The average Bonchev–Trinajstić information content (AvgIpc) is 2.40. The molecule has 0 saturated carbocycles. The highest BCUT2D eigenvalue weighted by Gasteiger charge is 2.14. The van der Waals surface area contributed by atoms with Crippen LogP contribution in [0.15, 0.2) is 40.9 Å². The molecule has 0 aliphatic rings. The van der Waals surface area contributed by atoms with Crippen molar-refractivity contribution < 1.29 is 14.1 Å². The third-order valence-electron chi connectivity index (χ3n) is 2.52. The fraction of sp³-hybridized carbons (Fsp3) is 0. The highest BCUT2D eigenvalue weighted by molar-refractivity contribution is 9.10. The van der Waals surface area contributed by atoms with Gasteiger partial charge in [0.2, 0.25) is 0 Å². The Kier molecular flexibility index (Phi) is 4.54. The van der Waals surface area contributed by atoms with Crippen LogP contribution in [0.3, 0.4) is 0 Å². The SMILES string of the molecule is O=C(Nc1cc(F)cc([N+](=O)[O-])c1)c1cc(Cl)ccc1Br. The van der Waals surface area contributed by atoms with E-state index in [1.54, 1.807) is 12.1 Å². The lowest BCUT2D eigenvalue weighted by Crippen LogP contribution is -2.13. The van der Waals surface area contributed by atoms with E-state index in [0.717, 1.165) is 18.2 Å². The van der Waals surface area contributed by atoms with Crippen molar-refractivity contribution in [2.75, 3.05) is 5.32 Å². The van der Waals surface area contributed by atoms with Gasteiger partial charge in [-0.05, 0) is 40.2 Å². The van der Waals surface area contributed by atoms with Crippen molar-refractivity contribution in [3.8, 4) is 0 Å². The summed E-state index contributed by atoms with van der Waals surface area (Å²) in [5.41, 5.74) is -0.233. The van der Waals surface area contributed by atoms with Gasteiger partial charge in [-0.2, -0.15) is 0 Å². The summed E-state index contributed by atoms with van der Waals surface area (Å²) in [5, 5.41) is 13.4. The van der Waals surface area contributed by atoms with Gasteiger partial charge >= 0.3 is 0 Å². The van der Waals surface area contributed by atoms with Gasteiger partial charge in [-0.3, -0.25) is 14.9 Å². The van der Waals surface area contributed by atoms with Gasteiger partial charge in [0, 0.05) is 15.6 Å². The lowest BCUT2D eigenvalue weighted by molar-refractivity contribution is -0.385. The number of nitrogens with zero attached hydrogens (tertiary/aromatic N) is 1. The van der Waals surface area contributed by atoms with Crippen LogP contribution < -0.4 is 5.32 Å². The second-order valence-corrected chi connectivity index (χ2v) is 5.32. The molecular weight excluding hydrogens is 367 g/mol. The molecule has 0 saturated heterocycles. The summed E-state index contributed by atoms with van der Waals surface area (Å²) in [6, 6.07) is 7.43. The van der Waals surface area contributed by atoms with Crippen molar-refractivity contribution in [3.63, 3.8) is 0 Å². The minimum atomic E-state index is -0.815. The first-order chi connectivity index (χ1) is 9.86. The number of benzene rings is 2. The van der Waals surface area contributed by atoms with Crippen LogP contribution in [0.4, 0.5) is 15.8 Å². The number of carbonyl (C=O) groups is 1. The maximum Gasteiger partial charge on any atom is 0.274 e. The lowest BCUT2D eigenvalue weighted by atomic mass is 10.2. The number of halogens is 3. The number of carbonyl (C=O) groups excluding carboxylic acids is 1. The molecule has 0 spiro atoms. The molecule has 0 aromatic heterocycles. The zero-order valence-corrected chi connectivity index (χ0v) is 12.6. The Morgan fingerprint density at radius 2 is 2.00 bits per heavy atom. The van der Waals surface area contributed by atoms with E-state index in [2.05, 4.69) is 21.2 Å². The van der Waals surface area contributed by atoms with Crippen LogP contribution in [-0.2, 0) is 0 Å². The summed E-state index contributed by atoms with van der Waals surface area (Å²) in [7, 11) is 0. The second kappa shape index (κ2) is 6.19. The molecule has 0 radical (unpaired) electrons. The molecule has 0 aliphatic carbocycles. The van der Waals surface area contributed by atoms with E-state index in [0.29, 0.717) is 9.50 Å². The van der Waals surface area contributed by atoms with Crippen LogP contribution in [0, 0.1) is 15.9 Å². The van der Waals surface area contributed by atoms with Crippen LogP contribution in [0.5, 0.6) is 0 Å². The molecule has 2 rings (SSSR count). The monoisotopic (exact) mass is 372 g/mol. The number of rotatable bonds is 3. The normalized spacial score (nSPS) is 10.2. The smallest absolute Gasteiger partial charge is 0.274 e. The Bertz CT molecular complexity index is 739. The minimum Gasteiger partial charge on any atom is -0.322 e. The van der Waals surface area contributed by atoms with Crippen LogP contribution in [-0.4, -0.2) is 10.8 Å². The fourth-order valence-electron chi connectivity index (χ4n) is 1.62. The van der Waals surface area contributed by atoms with Gasteiger partial charge < -0.3 is 5.32 Å². The first-order valence-corrected chi connectivity index (χ1v) is 6.75. The minimum absolute atomic E-state index is 0.0152. The number of hydrogen-bond acceptors (Lipinski definition) is 3. The average molecular weight is 374 g/mol. The van der Waals surface area contributed by atoms with Crippen molar-refractivity contribution in [1.82, 2.24) is 0 Å². The molecule has 0 unspecified atom stereocenters. The van der Waals surface area contributed by atoms with E-state index in [1.807, 2.05) is 0 Å². The summed E-state index contributed by atoms with van der Waals surface area (Å²) < 4.78 is 13.8. The summed E-state index contributed by atoms with van der Waals surface area (Å²) in [4.78, 5) is 22.0. The zero-order valence-electron chi connectivity index (χ0n) is 10.3. The summed E-state index contributed by atoms with van der Waals surface area (Å²) in [5.74, 6) is -1.38. The lowest BCUT2D eigenvalue weighted by Gasteiger charge is -2.07. The Morgan fingerprint density at radius 3 is 2.67 bits per heavy atom. The Morgan fingerprint density at radius 1 is 1.29 bits per heavy atom. The molecule has 1 amide bonds. The van der Waals surface area contributed by atoms with E-state index in [4.69, 9.17) is 11.6 Å². The third kappa shape index (κ3) is 3.77. The number of non-ortho nitro benzene ring substituents is 1. The second-order valence-electron chi connectivity index (χ2n) is 4.03. The van der Waals surface area contributed by atoms with Gasteiger partial charge in [0.15, 0.2) is 0 Å². The first-order valence-electron chi connectivity index (χ1n) is 5.58. The van der Waals surface area contributed by atoms with Gasteiger partial charge in [-0.25, -0.2) is 4.39 Å². The molecule has 0 atom stereocenters. The van der Waals surface area contributed by atoms with Crippen LogP contribution in [0.2, 0.25) is 5.02 Å². The summed E-state index contributed by atoms with van der Waals surface area (Å²) in [6.45, 7) is 0. The molecule has 2 aromatic carbocycles. The van der Waals surface area contributed by atoms with Crippen molar-refractivity contribution in [3.05, 3.63) is 67.4 Å². The number of anilines is 1. The number of hydrogen-bond donors (Lipinski definition) is 1. The molecule has 0 bridgehead atoms. The van der Waals surface area contributed by atoms with Gasteiger partial charge in [0.25, 0.3) is 11.6 Å². The molecule has 1 N–H and O–H groups in total. The topological polar surface area (TPSA) is 72.2 Å². The summed E-state index contributed by atoms with van der Waals surface area (Å²) in [6.07, 6.45) is 0. The van der Waals surface area contributed by atoms with E-state index in [-0.39, 0.29) is 11.3 Å². The molecule has 0 heterocycles. The van der Waals surface area contributed by atoms with Crippen molar-refractivity contribution >= 4 is 44.8 Å². The Labute approximate surface area is 132 Å². The van der Waals surface area contributed by atoms with Crippen LogP contribution in [0.25, 0.3) is 0 Å². The van der Waals surface area contributed by atoms with Crippen LogP contribution >= 0.6 is 27.5 Å². The van der Waals surface area contributed by atoms with E-state index in [1.165, 1.54) is 6.07 Å². The van der Waals surface area contributed by atoms with E-state index < -0.39 is 22.3 Å². The molecule has 0 aliphatic heterocycles. The molecule has 108 valence electrons. The Hall–Kier alpha value is -1.99. The highest BCUT2D eigenvalue weighted by atomic mass is 79.9. The number of nitrogens with one attached hydrogen (secondary N) is 1. The molecule has 21 heavy (non-hydrogen) atoms. The fourth-order valence-corrected chi connectivity index (χ4v) is 2.22. The maximum absolute atomic E-state index is 13.3. The predicted octanol–water partition coefficient (Wildman–Crippen LogP) is 4.40. The van der Waals surface area contributed by atoms with Crippen molar-refractivity contribution in [2.24, 2.45) is 0 Å². The van der Waals surface area contributed by atoms with Gasteiger partial charge in [-0.1, -0.05) is 11.6 Å². The van der Waals surface area contributed by atoms with Gasteiger partial charge in [0.1, 0.15) is 5.82 Å². The van der Waals surface area contributed by atoms with Crippen molar-refractivity contribution in [2.45, 2.75) is 0 Å². The predicted molar refractivity (Wildman–Crippen MR) is 80.2 cm³/mol. The number of amides is 1. The molecule has 8 heteroatoms. The van der Waals surface area contributed by atoms with E-state index >= 15 is 0 Å². The number of nitro groups is 1. The van der Waals surface area contributed by atoms with E-state index in [9.17, 15) is 19.3 Å². The van der Waals surface area contributed by atoms with Crippen LogP contribution in [0.1, 0.15) is 10.4 Å². The molecule has 2 aromatic rings. The quantitative estimate of drug-likeness (QED) is 0.640. The maximum atomic E-state index is 13.3. The zero-order chi connectivity index (χ0) is 15.6. The molecular formula is C13H7BrClFN2O3. The number of nitro benzene ring substituents is 1. The molecule has 5 nitrogen and oxygen atoms in total. The highest BCUT2D eigenvalue weighted by Crippen LogP contribution is 2.24. The molecule has 0 fully saturated rings.